The van der Waals surface area contributed by atoms with E-state index in [-0.39, 0.29) is 12.1 Å². The first-order chi connectivity index (χ1) is 16.3. The van der Waals surface area contributed by atoms with Crippen LogP contribution in [0.4, 0.5) is 0 Å². The van der Waals surface area contributed by atoms with Crippen molar-refractivity contribution < 1.29 is 16.8 Å². The summed E-state index contributed by atoms with van der Waals surface area (Å²) in [4.78, 5) is 0.623. The maximum absolute atomic E-state index is 13.2. The Balaban J connectivity index is 1.53. The van der Waals surface area contributed by atoms with Gasteiger partial charge in [0.15, 0.2) is 0 Å². The zero-order chi connectivity index (χ0) is 24.3. The predicted molar refractivity (Wildman–Crippen MR) is 136 cm³/mol. The minimum absolute atomic E-state index is 0.0696. The van der Waals surface area contributed by atoms with Gasteiger partial charge in [-0.3, -0.25) is 0 Å². The van der Waals surface area contributed by atoms with E-state index in [1.54, 1.807) is 57.1 Å². The largest absolute Gasteiger partial charge is 0.243 e. The molecule has 0 aromatic heterocycles. The molecule has 0 radical (unpaired) electrons. The summed E-state index contributed by atoms with van der Waals surface area (Å²) < 4.78 is 56.2. The van der Waals surface area contributed by atoms with Crippen LogP contribution in [0.25, 0.3) is 11.1 Å². The molecule has 2 aliphatic rings. The molecule has 0 N–H and O–H groups in total. The Morgan fingerprint density at radius 2 is 0.971 bits per heavy atom. The third kappa shape index (κ3) is 4.96. The number of nitrogens with zero attached hydrogens (tertiary/aromatic N) is 2. The van der Waals surface area contributed by atoms with Crippen molar-refractivity contribution in [2.75, 3.05) is 13.1 Å². The highest BCUT2D eigenvalue weighted by molar-refractivity contribution is 7.89. The van der Waals surface area contributed by atoms with E-state index in [2.05, 4.69) is 0 Å². The molecule has 8 heteroatoms. The molecule has 186 valence electrons. The van der Waals surface area contributed by atoms with Crippen LogP contribution in [0.1, 0.15) is 65.2 Å². The second-order valence-electron chi connectivity index (χ2n) is 9.40. The van der Waals surface area contributed by atoms with Gasteiger partial charge in [0.2, 0.25) is 20.0 Å². The first kappa shape index (κ1) is 25.4. The highest BCUT2D eigenvalue weighted by Crippen LogP contribution is 2.31. The zero-order valence-electron chi connectivity index (χ0n) is 20.2. The average molecular weight is 505 g/mol. The van der Waals surface area contributed by atoms with Crippen molar-refractivity contribution in [3.63, 3.8) is 0 Å². The van der Waals surface area contributed by atoms with E-state index in [1.807, 2.05) is 13.8 Å². The summed E-state index contributed by atoms with van der Waals surface area (Å²) in [6.45, 7) is 5.24. The lowest BCUT2D eigenvalue weighted by molar-refractivity contribution is 0.246. The van der Waals surface area contributed by atoms with Gasteiger partial charge in [-0.15, -0.1) is 0 Å². The van der Waals surface area contributed by atoms with Gasteiger partial charge in [0, 0.05) is 25.2 Å². The quantitative estimate of drug-likeness (QED) is 0.515. The summed E-state index contributed by atoms with van der Waals surface area (Å²) in [5, 5.41) is 0. The molecule has 0 spiro atoms. The van der Waals surface area contributed by atoms with Crippen molar-refractivity contribution in [2.24, 2.45) is 0 Å². The average Bonchev–Trinajstić information content (AvgIpc) is 2.88. The Labute approximate surface area is 205 Å². The van der Waals surface area contributed by atoms with E-state index in [1.165, 1.54) is 0 Å². The van der Waals surface area contributed by atoms with Crippen LogP contribution in [-0.2, 0) is 20.0 Å². The van der Waals surface area contributed by atoms with Gasteiger partial charge in [0.05, 0.1) is 9.79 Å². The minimum atomic E-state index is -3.52. The van der Waals surface area contributed by atoms with Crippen LogP contribution in [0.15, 0.2) is 58.3 Å². The molecule has 2 aromatic carbocycles. The lowest BCUT2D eigenvalue weighted by Gasteiger charge is -2.34. The first-order valence-corrected chi connectivity index (χ1v) is 15.4. The predicted octanol–water partition coefficient (Wildman–Crippen LogP) is 5.26. The summed E-state index contributed by atoms with van der Waals surface area (Å²) in [5.41, 5.74) is 1.72. The Kier molecular flexibility index (Phi) is 7.82. The monoisotopic (exact) mass is 504 g/mol. The fourth-order valence-corrected chi connectivity index (χ4v) is 8.84. The van der Waals surface area contributed by atoms with Gasteiger partial charge in [-0.05, 0) is 73.9 Å². The Morgan fingerprint density at radius 3 is 1.29 bits per heavy atom. The Hall–Kier alpha value is -1.74. The van der Waals surface area contributed by atoms with Crippen molar-refractivity contribution in [2.45, 2.75) is 87.1 Å². The van der Waals surface area contributed by atoms with E-state index in [0.29, 0.717) is 22.9 Å². The minimum Gasteiger partial charge on any atom is -0.207 e. The lowest BCUT2D eigenvalue weighted by Crippen LogP contribution is -2.43. The molecule has 0 amide bonds. The third-order valence-electron chi connectivity index (χ3n) is 7.34. The summed E-state index contributed by atoms with van der Waals surface area (Å²) in [6.07, 6.45) is 7.43. The van der Waals surface area contributed by atoms with Gasteiger partial charge in [0.1, 0.15) is 0 Å². The molecule has 6 nitrogen and oxygen atoms in total. The second-order valence-corrected chi connectivity index (χ2v) is 13.2. The third-order valence-corrected chi connectivity index (χ3v) is 11.3. The second kappa shape index (κ2) is 10.5. The maximum atomic E-state index is 13.2. The van der Waals surface area contributed by atoms with E-state index < -0.39 is 20.0 Å². The highest BCUT2D eigenvalue weighted by Gasteiger charge is 2.33. The summed E-state index contributed by atoms with van der Waals surface area (Å²) >= 11 is 0. The molecule has 2 unspecified atom stereocenters. The number of rotatable bonds is 7. The van der Waals surface area contributed by atoms with E-state index in [9.17, 15) is 16.8 Å². The normalized spacial score (nSPS) is 23.1. The van der Waals surface area contributed by atoms with Crippen LogP contribution in [-0.4, -0.2) is 50.6 Å². The van der Waals surface area contributed by atoms with Crippen LogP contribution < -0.4 is 0 Å². The van der Waals surface area contributed by atoms with Crippen molar-refractivity contribution in [1.82, 2.24) is 8.61 Å². The molecule has 2 saturated heterocycles. The highest BCUT2D eigenvalue weighted by atomic mass is 32.2. The molecule has 0 saturated carbocycles. The smallest absolute Gasteiger partial charge is 0.207 e. The van der Waals surface area contributed by atoms with Gasteiger partial charge in [-0.1, -0.05) is 51.0 Å². The van der Waals surface area contributed by atoms with Crippen molar-refractivity contribution in [1.29, 1.82) is 0 Å². The topological polar surface area (TPSA) is 74.8 Å². The summed E-state index contributed by atoms with van der Waals surface area (Å²) in [5.74, 6) is 0. The van der Waals surface area contributed by atoms with E-state index in [4.69, 9.17) is 0 Å². The molecule has 2 aromatic rings. The molecular formula is C26H36N2O4S2. The van der Waals surface area contributed by atoms with Crippen LogP contribution >= 0.6 is 0 Å². The van der Waals surface area contributed by atoms with Gasteiger partial charge >= 0.3 is 0 Å². The lowest BCUT2D eigenvalue weighted by atomic mass is 10.0. The fourth-order valence-electron chi connectivity index (χ4n) is 5.31. The number of sulfonamides is 2. The van der Waals surface area contributed by atoms with Crippen LogP contribution in [0.5, 0.6) is 0 Å². The van der Waals surface area contributed by atoms with Crippen LogP contribution in [0.2, 0.25) is 0 Å². The van der Waals surface area contributed by atoms with Gasteiger partial charge in [-0.2, -0.15) is 8.61 Å². The SMILES string of the molecule is CCC1CCCCN1S(=O)(=O)c1ccc(-c2ccc(S(=O)(=O)N3CCCCC3CC)cc2)cc1. The maximum Gasteiger partial charge on any atom is 0.243 e. The van der Waals surface area contributed by atoms with E-state index in [0.717, 1.165) is 62.5 Å². The standard InChI is InChI=1S/C26H36N2O4S2/c1-3-23-9-5-7-19-27(23)33(29,30)25-15-11-21(12-16-25)22-13-17-26(18-14-22)34(31,32)28-20-8-6-10-24(28)4-2/h11-18,23-24H,3-10,19-20H2,1-2H3. The van der Waals surface area contributed by atoms with Gasteiger partial charge < -0.3 is 0 Å². The molecule has 34 heavy (non-hydrogen) atoms. The molecule has 0 aliphatic carbocycles. The molecular weight excluding hydrogens is 468 g/mol. The van der Waals surface area contributed by atoms with Gasteiger partial charge in [-0.25, -0.2) is 16.8 Å². The van der Waals surface area contributed by atoms with Crippen molar-refractivity contribution in [3.05, 3.63) is 48.5 Å². The molecule has 0 bridgehead atoms. The van der Waals surface area contributed by atoms with E-state index >= 15 is 0 Å². The summed E-state index contributed by atoms with van der Waals surface area (Å²) in [7, 11) is -7.04. The molecule has 4 rings (SSSR count). The first-order valence-electron chi connectivity index (χ1n) is 12.5. The summed E-state index contributed by atoms with van der Waals surface area (Å²) in [6, 6.07) is 14.0. The van der Waals surface area contributed by atoms with Gasteiger partial charge in [0.25, 0.3) is 0 Å². The molecule has 2 atom stereocenters. The number of benzene rings is 2. The van der Waals surface area contributed by atoms with Crippen LogP contribution in [0.3, 0.4) is 0 Å². The number of hydrogen-bond donors (Lipinski definition) is 0. The fraction of sp³-hybridized carbons (Fsp3) is 0.538. The molecule has 2 heterocycles. The Bertz CT molecular complexity index is 1080. The zero-order valence-corrected chi connectivity index (χ0v) is 21.8. The van der Waals surface area contributed by atoms with Crippen molar-refractivity contribution in [3.8, 4) is 11.1 Å². The molecule has 2 fully saturated rings. The Morgan fingerprint density at radius 1 is 0.618 bits per heavy atom. The number of piperidine rings is 2. The van der Waals surface area contributed by atoms with Crippen molar-refractivity contribution >= 4 is 20.0 Å². The van der Waals surface area contributed by atoms with Crippen LogP contribution in [0, 0.1) is 0 Å². The number of hydrogen-bond acceptors (Lipinski definition) is 4. The molecule has 2 aliphatic heterocycles.